The van der Waals surface area contributed by atoms with E-state index in [-0.39, 0.29) is 5.91 Å². The summed E-state index contributed by atoms with van der Waals surface area (Å²) in [6.07, 6.45) is 5.13. The van der Waals surface area contributed by atoms with Gasteiger partial charge >= 0.3 is 6.01 Å². The number of aromatic nitrogens is 4. The van der Waals surface area contributed by atoms with E-state index in [9.17, 15) is 4.79 Å². The van der Waals surface area contributed by atoms with Crippen LogP contribution in [0, 0.1) is 6.92 Å². The van der Waals surface area contributed by atoms with Gasteiger partial charge in [-0.1, -0.05) is 0 Å². The molecule has 152 valence electrons. The van der Waals surface area contributed by atoms with Crippen molar-refractivity contribution in [2.45, 2.75) is 13.5 Å². The van der Waals surface area contributed by atoms with E-state index in [0.29, 0.717) is 24.2 Å². The Bertz CT molecular complexity index is 961. The van der Waals surface area contributed by atoms with Crippen LogP contribution in [0.15, 0.2) is 35.1 Å². The van der Waals surface area contributed by atoms with Crippen molar-refractivity contribution in [1.29, 1.82) is 0 Å². The van der Waals surface area contributed by atoms with Crippen molar-refractivity contribution in [3.63, 3.8) is 0 Å². The maximum Gasteiger partial charge on any atom is 0.301 e. The number of hydrogen-bond acceptors (Lipinski definition) is 8. The summed E-state index contributed by atoms with van der Waals surface area (Å²) in [5.41, 5.74) is 2.38. The Morgan fingerprint density at radius 3 is 2.76 bits per heavy atom. The Morgan fingerprint density at radius 1 is 1.24 bits per heavy atom. The first kappa shape index (κ1) is 18.9. The van der Waals surface area contributed by atoms with Crippen LogP contribution in [0.3, 0.4) is 0 Å². The normalized spacial score (nSPS) is 14.8. The molecule has 3 aromatic rings. The number of hydrogen-bond donors (Lipinski definition) is 3. The smallest absolute Gasteiger partial charge is 0.301 e. The zero-order chi connectivity index (χ0) is 20.2. The number of aryl methyl sites for hydroxylation is 1. The molecule has 0 unspecified atom stereocenters. The van der Waals surface area contributed by atoms with E-state index in [0.717, 1.165) is 43.3 Å². The number of anilines is 3. The molecule has 1 aliphatic heterocycles. The molecule has 4 rings (SSSR count). The van der Waals surface area contributed by atoms with Gasteiger partial charge in [0.1, 0.15) is 11.5 Å². The summed E-state index contributed by atoms with van der Waals surface area (Å²) in [5, 5.41) is 5.59. The predicted molar refractivity (Wildman–Crippen MR) is 108 cm³/mol. The number of piperazine rings is 1. The number of carbonyl (C=O) groups is 1. The van der Waals surface area contributed by atoms with E-state index in [2.05, 4.69) is 40.4 Å². The summed E-state index contributed by atoms with van der Waals surface area (Å²) in [4.78, 5) is 32.1. The summed E-state index contributed by atoms with van der Waals surface area (Å²) in [5.74, 6) is 1.23. The minimum absolute atomic E-state index is 0.169. The van der Waals surface area contributed by atoms with Crippen molar-refractivity contribution < 1.29 is 9.21 Å². The third-order valence-corrected chi connectivity index (χ3v) is 4.89. The van der Waals surface area contributed by atoms with Crippen LogP contribution >= 0.6 is 0 Å². The van der Waals surface area contributed by atoms with E-state index in [1.807, 2.05) is 13.0 Å². The van der Waals surface area contributed by atoms with Gasteiger partial charge in [-0.3, -0.25) is 15.0 Å². The second-order valence-electron chi connectivity index (χ2n) is 6.84. The fourth-order valence-corrected chi connectivity index (χ4v) is 3.38. The number of amides is 1. The molecular formula is C19H24N8O2. The molecule has 1 fully saturated rings. The Hall–Kier alpha value is -3.40. The molecule has 4 heterocycles. The summed E-state index contributed by atoms with van der Waals surface area (Å²) in [6.45, 7) is 6.21. The SMILES string of the molecule is CNC(=O)c1ccc(N2CCN(Cc3cnc(Nc4ncc[nH]4)o3)CC2)c(C)n1. The minimum Gasteiger partial charge on any atom is -0.427 e. The van der Waals surface area contributed by atoms with Gasteiger partial charge in [0.25, 0.3) is 5.91 Å². The molecule has 0 spiro atoms. The number of aromatic amines is 1. The first-order valence-electron chi connectivity index (χ1n) is 9.50. The van der Waals surface area contributed by atoms with Crippen molar-refractivity contribution >= 4 is 23.6 Å². The molecule has 0 bridgehead atoms. The first-order valence-corrected chi connectivity index (χ1v) is 9.50. The lowest BCUT2D eigenvalue weighted by Gasteiger charge is -2.36. The fraction of sp³-hybridized carbons (Fsp3) is 0.368. The number of nitrogens with zero attached hydrogens (tertiary/aromatic N) is 5. The van der Waals surface area contributed by atoms with E-state index in [4.69, 9.17) is 4.42 Å². The van der Waals surface area contributed by atoms with Crippen molar-refractivity contribution in [2.24, 2.45) is 0 Å². The largest absolute Gasteiger partial charge is 0.427 e. The second kappa shape index (κ2) is 8.31. The van der Waals surface area contributed by atoms with Gasteiger partial charge in [0, 0.05) is 45.6 Å². The lowest BCUT2D eigenvalue weighted by Crippen LogP contribution is -2.46. The minimum atomic E-state index is -0.169. The molecule has 3 aromatic heterocycles. The van der Waals surface area contributed by atoms with Gasteiger partial charge in [-0.25, -0.2) is 15.0 Å². The monoisotopic (exact) mass is 396 g/mol. The number of imidazole rings is 1. The summed E-state index contributed by atoms with van der Waals surface area (Å²) >= 11 is 0. The van der Waals surface area contributed by atoms with E-state index < -0.39 is 0 Å². The van der Waals surface area contributed by atoms with Crippen LogP contribution in [-0.2, 0) is 6.54 Å². The lowest BCUT2D eigenvalue weighted by atomic mass is 10.2. The molecule has 0 aromatic carbocycles. The average Bonchev–Trinajstić information content (AvgIpc) is 3.40. The van der Waals surface area contributed by atoms with Crippen LogP contribution in [0.25, 0.3) is 0 Å². The molecule has 0 radical (unpaired) electrons. The fourth-order valence-electron chi connectivity index (χ4n) is 3.38. The van der Waals surface area contributed by atoms with E-state index in [1.165, 1.54) is 0 Å². The van der Waals surface area contributed by atoms with Gasteiger partial charge in [-0.15, -0.1) is 0 Å². The molecule has 1 saturated heterocycles. The van der Waals surface area contributed by atoms with Gasteiger partial charge in [-0.2, -0.15) is 0 Å². The molecule has 0 atom stereocenters. The van der Waals surface area contributed by atoms with E-state index in [1.54, 1.807) is 31.7 Å². The number of rotatable bonds is 6. The number of oxazole rings is 1. The Balaban J connectivity index is 1.32. The van der Waals surface area contributed by atoms with Gasteiger partial charge in [0.15, 0.2) is 0 Å². The highest BCUT2D eigenvalue weighted by atomic mass is 16.4. The lowest BCUT2D eigenvalue weighted by molar-refractivity contribution is 0.0958. The number of carbonyl (C=O) groups excluding carboxylic acids is 1. The van der Waals surface area contributed by atoms with Crippen molar-refractivity contribution in [2.75, 3.05) is 43.4 Å². The van der Waals surface area contributed by atoms with Crippen molar-refractivity contribution in [1.82, 2.24) is 30.2 Å². The van der Waals surface area contributed by atoms with Gasteiger partial charge in [0.05, 0.1) is 24.1 Å². The summed E-state index contributed by atoms with van der Waals surface area (Å²) in [6, 6.07) is 4.17. The average molecular weight is 396 g/mol. The highest BCUT2D eigenvalue weighted by Crippen LogP contribution is 2.22. The number of pyridine rings is 1. The molecule has 0 saturated carbocycles. The Kier molecular flexibility index (Phi) is 5.43. The van der Waals surface area contributed by atoms with Crippen LogP contribution in [0.4, 0.5) is 17.7 Å². The summed E-state index contributed by atoms with van der Waals surface area (Å²) < 4.78 is 5.75. The molecule has 3 N–H and O–H groups in total. The molecular weight excluding hydrogens is 372 g/mol. The number of H-pyrrole nitrogens is 1. The molecule has 29 heavy (non-hydrogen) atoms. The van der Waals surface area contributed by atoms with E-state index >= 15 is 0 Å². The molecule has 10 heteroatoms. The molecule has 0 aliphatic carbocycles. The second-order valence-corrected chi connectivity index (χ2v) is 6.84. The Labute approximate surface area is 168 Å². The summed E-state index contributed by atoms with van der Waals surface area (Å²) in [7, 11) is 1.61. The standard InChI is InChI=1S/C19H24N8O2/c1-13-16(4-3-15(24-13)17(28)20-2)27-9-7-26(8-10-27)12-14-11-23-19(29-14)25-18-21-5-6-22-18/h3-6,11H,7-10,12H2,1-2H3,(H,20,28)(H2,21,22,23,25). The Morgan fingerprint density at radius 2 is 2.07 bits per heavy atom. The van der Waals surface area contributed by atoms with Crippen LogP contribution < -0.4 is 15.5 Å². The van der Waals surface area contributed by atoms with Crippen LogP contribution in [-0.4, -0.2) is 64.0 Å². The quantitative estimate of drug-likeness (QED) is 0.575. The van der Waals surface area contributed by atoms with Crippen LogP contribution in [0.2, 0.25) is 0 Å². The first-order chi connectivity index (χ1) is 14.1. The van der Waals surface area contributed by atoms with Gasteiger partial charge in [-0.05, 0) is 19.1 Å². The van der Waals surface area contributed by atoms with Crippen LogP contribution in [0.5, 0.6) is 0 Å². The van der Waals surface area contributed by atoms with Crippen LogP contribution in [0.1, 0.15) is 21.9 Å². The maximum atomic E-state index is 11.7. The third kappa shape index (κ3) is 4.37. The maximum absolute atomic E-state index is 11.7. The van der Waals surface area contributed by atoms with Crippen molar-refractivity contribution in [3.8, 4) is 0 Å². The zero-order valence-electron chi connectivity index (χ0n) is 16.5. The molecule has 1 aliphatic rings. The molecule has 1 amide bonds. The van der Waals surface area contributed by atoms with Crippen molar-refractivity contribution in [3.05, 3.63) is 47.9 Å². The topological polar surface area (TPSA) is 115 Å². The predicted octanol–water partition coefficient (Wildman–Crippen LogP) is 1.53. The third-order valence-electron chi connectivity index (χ3n) is 4.89. The number of nitrogens with one attached hydrogen (secondary N) is 3. The highest BCUT2D eigenvalue weighted by Gasteiger charge is 2.21. The highest BCUT2D eigenvalue weighted by molar-refractivity contribution is 5.92. The zero-order valence-corrected chi connectivity index (χ0v) is 16.5. The van der Waals surface area contributed by atoms with Gasteiger partial charge < -0.3 is 19.6 Å². The van der Waals surface area contributed by atoms with Gasteiger partial charge in [0.2, 0.25) is 5.95 Å². The molecule has 10 nitrogen and oxygen atoms in total.